The second-order valence-corrected chi connectivity index (χ2v) is 5.85. The first kappa shape index (κ1) is 15.4. The van der Waals surface area contributed by atoms with Crippen LogP contribution in [0.3, 0.4) is 0 Å². The van der Waals surface area contributed by atoms with Crippen LogP contribution in [0.5, 0.6) is 0 Å². The van der Waals surface area contributed by atoms with Crippen LogP contribution in [0.4, 0.5) is 4.79 Å². The smallest absolute Gasteiger partial charge is 0.335 e. The Bertz CT molecular complexity index is 530. The highest BCUT2D eigenvalue weighted by atomic mass is 16.4. The third-order valence-corrected chi connectivity index (χ3v) is 4.24. The second-order valence-electron chi connectivity index (χ2n) is 5.85. The molecule has 1 aromatic carbocycles. The normalized spacial score (nSPS) is 21.9. The number of hydrogen-bond donors (Lipinski definition) is 2. The highest BCUT2D eigenvalue weighted by Gasteiger charge is 2.25. The van der Waals surface area contributed by atoms with Crippen molar-refractivity contribution in [1.29, 1.82) is 0 Å². The number of nitrogens with one attached hydrogen (secondary N) is 1. The summed E-state index contributed by atoms with van der Waals surface area (Å²) in [4.78, 5) is 24.9. The van der Waals surface area contributed by atoms with Gasteiger partial charge in [-0.2, -0.15) is 0 Å². The molecule has 0 aromatic heterocycles. The van der Waals surface area contributed by atoms with Crippen molar-refractivity contribution >= 4 is 12.0 Å². The Hall–Kier alpha value is -2.04. The molecule has 21 heavy (non-hydrogen) atoms. The summed E-state index contributed by atoms with van der Waals surface area (Å²) in [5.74, 6) is 0.211. The molecule has 0 aliphatic carbocycles. The Morgan fingerprint density at radius 1 is 1.33 bits per heavy atom. The van der Waals surface area contributed by atoms with Crippen LogP contribution in [0.25, 0.3) is 0 Å². The van der Waals surface area contributed by atoms with Crippen LogP contribution >= 0.6 is 0 Å². The first-order chi connectivity index (χ1) is 9.97. The van der Waals surface area contributed by atoms with E-state index < -0.39 is 5.97 Å². The highest BCUT2D eigenvalue weighted by molar-refractivity contribution is 5.87. The molecule has 0 spiro atoms. The minimum atomic E-state index is -0.956. The van der Waals surface area contributed by atoms with E-state index in [1.807, 2.05) is 11.0 Å². The van der Waals surface area contributed by atoms with E-state index in [-0.39, 0.29) is 11.6 Å². The number of hydrogen-bond acceptors (Lipinski definition) is 2. The van der Waals surface area contributed by atoms with E-state index in [1.165, 1.54) is 0 Å². The SMILES string of the molecule is CC1CCN(C(=O)NCc2cccc(C(=O)O)c2)CC1C. The number of amides is 2. The van der Waals surface area contributed by atoms with Crippen LogP contribution in [0.2, 0.25) is 0 Å². The van der Waals surface area contributed by atoms with E-state index in [4.69, 9.17) is 5.11 Å². The summed E-state index contributed by atoms with van der Waals surface area (Å²) in [7, 11) is 0. The van der Waals surface area contributed by atoms with Gasteiger partial charge in [-0.05, 0) is 36.0 Å². The van der Waals surface area contributed by atoms with Crippen molar-refractivity contribution in [1.82, 2.24) is 10.2 Å². The van der Waals surface area contributed by atoms with E-state index >= 15 is 0 Å². The topological polar surface area (TPSA) is 69.6 Å². The van der Waals surface area contributed by atoms with E-state index in [1.54, 1.807) is 18.2 Å². The number of likely N-dealkylation sites (tertiary alicyclic amines) is 1. The lowest BCUT2D eigenvalue weighted by Gasteiger charge is -2.35. The fourth-order valence-corrected chi connectivity index (χ4v) is 2.55. The predicted molar refractivity (Wildman–Crippen MR) is 80.2 cm³/mol. The Labute approximate surface area is 125 Å². The van der Waals surface area contributed by atoms with Gasteiger partial charge in [-0.3, -0.25) is 0 Å². The molecule has 1 fully saturated rings. The molecule has 0 radical (unpaired) electrons. The first-order valence-electron chi connectivity index (χ1n) is 7.32. The number of aromatic carboxylic acids is 1. The van der Waals surface area contributed by atoms with Gasteiger partial charge in [-0.15, -0.1) is 0 Å². The minimum absolute atomic E-state index is 0.0746. The number of carboxylic acid groups (broad SMARTS) is 1. The fraction of sp³-hybridized carbons (Fsp3) is 0.500. The molecule has 114 valence electrons. The van der Waals surface area contributed by atoms with Crippen LogP contribution in [-0.4, -0.2) is 35.1 Å². The molecular weight excluding hydrogens is 268 g/mol. The molecule has 1 heterocycles. The highest BCUT2D eigenvalue weighted by Crippen LogP contribution is 2.22. The Morgan fingerprint density at radius 3 is 2.76 bits per heavy atom. The molecule has 2 atom stereocenters. The zero-order valence-electron chi connectivity index (χ0n) is 12.5. The molecule has 2 unspecified atom stereocenters. The van der Waals surface area contributed by atoms with Crippen LogP contribution in [0.1, 0.15) is 36.2 Å². The maximum atomic E-state index is 12.1. The summed E-state index contributed by atoms with van der Waals surface area (Å²) in [5.41, 5.74) is 1.03. The van der Waals surface area contributed by atoms with Crippen molar-refractivity contribution in [2.45, 2.75) is 26.8 Å². The molecule has 1 aliphatic rings. The average molecular weight is 290 g/mol. The molecule has 1 aliphatic heterocycles. The molecular formula is C16H22N2O3. The maximum Gasteiger partial charge on any atom is 0.335 e. The average Bonchev–Trinajstić information content (AvgIpc) is 2.48. The van der Waals surface area contributed by atoms with Gasteiger partial charge in [0.05, 0.1) is 5.56 Å². The minimum Gasteiger partial charge on any atom is -0.478 e. The number of carboxylic acids is 1. The van der Waals surface area contributed by atoms with Crippen molar-refractivity contribution in [2.75, 3.05) is 13.1 Å². The first-order valence-corrected chi connectivity index (χ1v) is 7.32. The monoisotopic (exact) mass is 290 g/mol. The molecule has 2 rings (SSSR count). The van der Waals surface area contributed by atoms with Gasteiger partial charge < -0.3 is 15.3 Å². The zero-order chi connectivity index (χ0) is 15.4. The summed E-state index contributed by atoms with van der Waals surface area (Å²) < 4.78 is 0. The fourth-order valence-electron chi connectivity index (χ4n) is 2.55. The third kappa shape index (κ3) is 3.97. The van der Waals surface area contributed by atoms with Gasteiger partial charge in [0.15, 0.2) is 0 Å². The number of urea groups is 1. The number of benzene rings is 1. The van der Waals surface area contributed by atoms with E-state index in [2.05, 4.69) is 19.2 Å². The number of piperidine rings is 1. The van der Waals surface area contributed by atoms with Crippen molar-refractivity contribution in [3.63, 3.8) is 0 Å². The molecule has 1 saturated heterocycles. The quantitative estimate of drug-likeness (QED) is 0.899. The van der Waals surface area contributed by atoms with Gasteiger partial charge in [-0.25, -0.2) is 9.59 Å². The number of nitrogens with zero attached hydrogens (tertiary/aromatic N) is 1. The van der Waals surface area contributed by atoms with Gasteiger partial charge in [-0.1, -0.05) is 26.0 Å². The van der Waals surface area contributed by atoms with Crippen molar-refractivity contribution in [3.05, 3.63) is 35.4 Å². The second kappa shape index (κ2) is 6.61. The van der Waals surface area contributed by atoms with E-state index in [0.29, 0.717) is 18.4 Å². The van der Waals surface area contributed by atoms with Crippen molar-refractivity contribution in [2.24, 2.45) is 11.8 Å². The van der Waals surface area contributed by atoms with Gasteiger partial charge >= 0.3 is 12.0 Å². The van der Waals surface area contributed by atoms with Crippen LogP contribution in [0.15, 0.2) is 24.3 Å². The van der Waals surface area contributed by atoms with E-state index in [0.717, 1.165) is 25.1 Å². The zero-order valence-corrected chi connectivity index (χ0v) is 12.5. The number of rotatable bonds is 3. The molecule has 5 heteroatoms. The number of carbonyl (C=O) groups excluding carboxylic acids is 1. The Morgan fingerprint density at radius 2 is 2.10 bits per heavy atom. The Kier molecular flexibility index (Phi) is 4.83. The van der Waals surface area contributed by atoms with Gasteiger partial charge in [0.25, 0.3) is 0 Å². The summed E-state index contributed by atoms with van der Waals surface area (Å²) >= 11 is 0. The predicted octanol–water partition coefficient (Wildman–Crippen LogP) is 2.57. The molecule has 5 nitrogen and oxygen atoms in total. The molecule has 1 aromatic rings. The molecule has 2 N–H and O–H groups in total. The largest absolute Gasteiger partial charge is 0.478 e. The Balaban J connectivity index is 1.89. The maximum absolute atomic E-state index is 12.1. The third-order valence-electron chi connectivity index (χ3n) is 4.24. The van der Waals surface area contributed by atoms with Gasteiger partial charge in [0, 0.05) is 19.6 Å². The van der Waals surface area contributed by atoms with Crippen molar-refractivity contribution < 1.29 is 14.7 Å². The van der Waals surface area contributed by atoms with Gasteiger partial charge in [0.2, 0.25) is 0 Å². The standard InChI is InChI=1S/C16H22N2O3/c1-11-6-7-18(10-12(11)2)16(21)17-9-13-4-3-5-14(8-13)15(19)20/h3-5,8,11-12H,6-7,9-10H2,1-2H3,(H,17,21)(H,19,20). The molecule has 0 bridgehead atoms. The lowest BCUT2D eigenvalue weighted by atomic mass is 9.89. The summed E-state index contributed by atoms with van der Waals surface area (Å²) in [5, 5.41) is 11.8. The lowest BCUT2D eigenvalue weighted by molar-refractivity contribution is 0.0696. The number of carbonyl (C=O) groups is 2. The van der Waals surface area contributed by atoms with Crippen molar-refractivity contribution in [3.8, 4) is 0 Å². The van der Waals surface area contributed by atoms with Crippen LogP contribution in [0, 0.1) is 11.8 Å². The molecule has 2 amide bonds. The molecule has 0 saturated carbocycles. The van der Waals surface area contributed by atoms with Crippen LogP contribution in [-0.2, 0) is 6.54 Å². The summed E-state index contributed by atoms with van der Waals surface area (Å²) in [6, 6.07) is 6.56. The van der Waals surface area contributed by atoms with E-state index in [9.17, 15) is 9.59 Å². The lowest BCUT2D eigenvalue weighted by Crippen LogP contribution is -2.46. The van der Waals surface area contributed by atoms with Crippen LogP contribution < -0.4 is 5.32 Å². The van der Waals surface area contributed by atoms with Gasteiger partial charge in [0.1, 0.15) is 0 Å². The summed E-state index contributed by atoms with van der Waals surface area (Å²) in [6.07, 6.45) is 1.03. The summed E-state index contributed by atoms with van der Waals surface area (Å²) in [6.45, 7) is 6.30.